The number of benzene rings is 1. The van der Waals surface area contributed by atoms with E-state index in [4.69, 9.17) is 0 Å². The lowest BCUT2D eigenvalue weighted by Crippen LogP contribution is -2.16. The van der Waals surface area contributed by atoms with Crippen LogP contribution in [0.1, 0.15) is 54.1 Å². The van der Waals surface area contributed by atoms with Crippen LogP contribution < -0.4 is 5.32 Å². The van der Waals surface area contributed by atoms with Gasteiger partial charge in [-0.3, -0.25) is 4.79 Å². The Hall–Kier alpha value is -2.32. The molecule has 0 saturated heterocycles. The summed E-state index contributed by atoms with van der Waals surface area (Å²) in [5.41, 5.74) is 5.42. The van der Waals surface area contributed by atoms with Gasteiger partial charge in [0, 0.05) is 11.4 Å². The van der Waals surface area contributed by atoms with Crippen molar-refractivity contribution in [1.82, 2.24) is 4.98 Å². The van der Waals surface area contributed by atoms with Crippen LogP contribution in [0.3, 0.4) is 0 Å². The van der Waals surface area contributed by atoms with Crippen LogP contribution in [0, 0.1) is 32.1 Å². The third kappa shape index (κ3) is 4.44. The number of nitriles is 1. The maximum absolute atomic E-state index is 12.4. The standard InChI is InChI=1S/C21H25N3OS/c1-6-13(2)17-9-7-8-10-19(17)24-20(25)12-26-21-18(11-22)15(4)14(3)16(5)23-21/h7-10,13H,6,12H2,1-5H3,(H,24,25)/t13-/m1/s1. The molecule has 0 radical (unpaired) electrons. The highest BCUT2D eigenvalue weighted by Crippen LogP contribution is 2.28. The average Bonchev–Trinajstić information content (AvgIpc) is 2.64. The molecule has 0 unspecified atom stereocenters. The molecule has 2 aromatic rings. The second-order valence-corrected chi connectivity index (χ2v) is 7.44. The number of carbonyl (C=O) groups excluding carboxylic acids is 1. The lowest BCUT2D eigenvalue weighted by atomic mass is 9.97. The van der Waals surface area contributed by atoms with Crippen LogP contribution >= 0.6 is 11.8 Å². The number of aryl methyl sites for hydroxylation is 1. The number of aromatic nitrogens is 1. The van der Waals surface area contributed by atoms with E-state index in [-0.39, 0.29) is 11.7 Å². The molecule has 1 N–H and O–H groups in total. The molecule has 0 aliphatic heterocycles. The van der Waals surface area contributed by atoms with Crippen molar-refractivity contribution in [3.8, 4) is 6.07 Å². The fourth-order valence-electron chi connectivity index (χ4n) is 2.73. The molecule has 0 saturated carbocycles. The van der Waals surface area contributed by atoms with Crippen LogP contribution in [0.15, 0.2) is 29.3 Å². The van der Waals surface area contributed by atoms with Crippen molar-refractivity contribution in [3.63, 3.8) is 0 Å². The van der Waals surface area contributed by atoms with Gasteiger partial charge in [-0.2, -0.15) is 5.26 Å². The van der Waals surface area contributed by atoms with Crippen molar-refractivity contribution in [1.29, 1.82) is 5.26 Å². The van der Waals surface area contributed by atoms with Gasteiger partial charge in [0.05, 0.1) is 11.3 Å². The van der Waals surface area contributed by atoms with E-state index in [9.17, 15) is 10.1 Å². The van der Waals surface area contributed by atoms with Crippen LogP contribution in [-0.4, -0.2) is 16.6 Å². The summed E-state index contributed by atoms with van der Waals surface area (Å²) < 4.78 is 0. The Morgan fingerprint density at radius 1 is 1.27 bits per heavy atom. The molecular formula is C21H25N3OS. The van der Waals surface area contributed by atoms with Crippen molar-refractivity contribution < 1.29 is 4.79 Å². The number of nitrogens with zero attached hydrogens (tertiary/aromatic N) is 2. The van der Waals surface area contributed by atoms with E-state index in [2.05, 4.69) is 36.3 Å². The van der Waals surface area contributed by atoms with Gasteiger partial charge in [-0.1, -0.05) is 43.8 Å². The first-order valence-corrected chi connectivity index (χ1v) is 9.77. The number of rotatable bonds is 6. The monoisotopic (exact) mass is 367 g/mol. The summed E-state index contributed by atoms with van der Waals surface area (Å²) >= 11 is 1.31. The van der Waals surface area contributed by atoms with Gasteiger partial charge < -0.3 is 5.32 Å². The average molecular weight is 368 g/mol. The normalized spacial score (nSPS) is 11.7. The van der Waals surface area contributed by atoms with E-state index >= 15 is 0 Å². The first kappa shape index (κ1) is 20.0. The van der Waals surface area contributed by atoms with Crippen molar-refractivity contribution in [3.05, 3.63) is 52.2 Å². The molecule has 0 aliphatic carbocycles. The Kier molecular flexibility index (Phi) is 6.82. The molecule has 136 valence electrons. The minimum Gasteiger partial charge on any atom is -0.325 e. The molecule has 1 heterocycles. The number of amides is 1. The summed E-state index contributed by atoms with van der Waals surface area (Å²) in [7, 11) is 0. The minimum absolute atomic E-state index is 0.0904. The Balaban J connectivity index is 2.13. The Bertz CT molecular complexity index is 855. The quantitative estimate of drug-likeness (QED) is 0.719. The molecule has 0 aliphatic rings. The summed E-state index contributed by atoms with van der Waals surface area (Å²) in [6.45, 7) is 10.1. The lowest BCUT2D eigenvalue weighted by Gasteiger charge is -2.16. The van der Waals surface area contributed by atoms with Crippen LogP contribution in [0.5, 0.6) is 0 Å². The van der Waals surface area contributed by atoms with Crippen molar-refractivity contribution in [2.24, 2.45) is 0 Å². The van der Waals surface area contributed by atoms with E-state index in [0.717, 1.165) is 34.5 Å². The Morgan fingerprint density at radius 2 is 1.96 bits per heavy atom. The van der Waals surface area contributed by atoms with Gasteiger partial charge in [-0.05, 0) is 55.9 Å². The third-order valence-corrected chi connectivity index (χ3v) is 5.77. The zero-order chi connectivity index (χ0) is 19.3. The number of hydrogen-bond donors (Lipinski definition) is 1. The SMILES string of the molecule is CC[C@@H](C)c1ccccc1NC(=O)CSc1nc(C)c(C)c(C)c1C#N. The second-order valence-electron chi connectivity index (χ2n) is 6.47. The van der Waals surface area contributed by atoms with Gasteiger partial charge in [0.25, 0.3) is 0 Å². The molecule has 0 spiro atoms. The molecule has 26 heavy (non-hydrogen) atoms. The third-order valence-electron chi connectivity index (χ3n) is 4.79. The molecular weight excluding hydrogens is 342 g/mol. The van der Waals surface area contributed by atoms with Crippen molar-refractivity contribution in [2.45, 2.75) is 52.0 Å². The fourth-order valence-corrected chi connectivity index (χ4v) is 3.61. The first-order valence-electron chi connectivity index (χ1n) is 8.78. The molecule has 1 amide bonds. The van der Waals surface area contributed by atoms with Gasteiger partial charge >= 0.3 is 0 Å². The number of carbonyl (C=O) groups is 1. The van der Waals surface area contributed by atoms with Gasteiger partial charge in [-0.25, -0.2) is 4.98 Å². The predicted octanol–water partition coefficient (Wildman–Crippen LogP) is 5.12. The smallest absolute Gasteiger partial charge is 0.234 e. The number of hydrogen-bond acceptors (Lipinski definition) is 4. The molecule has 1 aromatic carbocycles. The second kappa shape index (κ2) is 8.86. The lowest BCUT2D eigenvalue weighted by molar-refractivity contribution is -0.113. The van der Waals surface area contributed by atoms with E-state index in [0.29, 0.717) is 16.5 Å². The van der Waals surface area contributed by atoms with Crippen LogP contribution in [0.4, 0.5) is 5.69 Å². The van der Waals surface area contributed by atoms with Crippen LogP contribution in [0.25, 0.3) is 0 Å². The Labute approximate surface area is 160 Å². The van der Waals surface area contributed by atoms with E-state index < -0.39 is 0 Å². The summed E-state index contributed by atoms with van der Waals surface area (Å²) in [6.07, 6.45) is 1.01. The number of pyridine rings is 1. The van der Waals surface area contributed by atoms with Gasteiger partial charge in [-0.15, -0.1) is 0 Å². The molecule has 0 fully saturated rings. The highest BCUT2D eigenvalue weighted by atomic mass is 32.2. The van der Waals surface area contributed by atoms with E-state index in [1.165, 1.54) is 11.8 Å². The maximum Gasteiger partial charge on any atom is 0.234 e. The molecule has 1 aromatic heterocycles. The van der Waals surface area contributed by atoms with Gasteiger partial charge in [0.1, 0.15) is 11.1 Å². The summed E-state index contributed by atoms with van der Waals surface area (Å²) in [4.78, 5) is 16.9. The number of para-hydroxylation sites is 1. The minimum atomic E-state index is -0.0904. The summed E-state index contributed by atoms with van der Waals surface area (Å²) in [5.74, 6) is 0.513. The number of thioether (sulfide) groups is 1. The Morgan fingerprint density at radius 3 is 2.62 bits per heavy atom. The number of nitrogens with one attached hydrogen (secondary N) is 1. The van der Waals surface area contributed by atoms with Crippen LogP contribution in [0.2, 0.25) is 0 Å². The zero-order valence-corrected chi connectivity index (χ0v) is 16.8. The zero-order valence-electron chi connectivity index (χ0n) is 16.0. The predicted molar refractivity (Wildman–Crippen MR) is 108 cm³/mol. The molecule has 0 bridgehead atoms. The fraction of sp³-hybridized carbons (Fsp3) is 0.381. The molecule has 4 nitrogen and oxygen atoms in total. The van der Waals surface area contributed by atoms with Crippen molar-refractivity contribution in [2.75, 3.05) is 11.1 Å². The first-order chi connectivity index (χ1) is 12.4. The van der Waals surface area contributed by atoms with Gasteiger partial charge in [0.15, 0.2) is 0 Å². The topological polar surface area (TPSA) is 65.8 Å². The molecule has 5 heteroatoms. The summed E-state index contributed by atoms with van der Waals surface area (Å²) in [6, 6.07) is 10.1. The highest BCUT2D eigenvalue weighted by molar-refractivity contribution is 8.00. The molecule has 2 rings (SSSR count). The maximum atomic E-state index is 12.4. The largest absolute Gasteiger partial charge is 0.325 e. The molecule has 1 atom stereocenters. The van der Waals surface area contributed by atoms with Gasteiger partial charge in [0.2, 0.25) is 5.91 Å². The highest BCUT2D eigenvalue weighted by Gasteiger charge is 2.15. The van der Waals surface area contributed by atoms with E-state index in [1.54, 1.807) is 0 Å². The van der Waals surface area contributed by atoms with E-state index in [1.807, 2.05) is 39.0 Å². The van der Waals surface area contributed by atoms with Crippen LogP contribution in [-0.2, 0) is 4.79 Å². The van der Waals surface area contributed by atoms with Crippen molar-refractivity contribution >= 4 is 23.4 Å². The number of anilines is 1. The summed E-state index contributed by atoms with van der Waals surface area (Å²) in [5, 5.41) is 13.1.